The van der Waals surface area contributed by atoms with Gasteiger partial charge in [0.05, 0.1) is 12.7 Å². The van der Waals surface area contributed by atoms with Crippen molar-refractivity contribution in [3.63, 3.8) is 0 Å². The molecule has 2 fully saturated rings. The number of rotatable bonds is 3. The minimum Gasteiger partial charge on any atom is -0.381 e. The van der Waals surface area contributed by atoms with E-state index >= 15 is 0 Å². The van der Waals surface area contributed by atoms with Gasteiger partial charge in [-0.2, -0.15) is 9.61 Å². The van der Waals surface area contributed by atoms with Gasteiger partial charge in [0.15, 0.2) is 5.82 Å². The average molecular weight is 309 g/mol. The van der Waals surface area contributed by atoms with Crippen molar-refractivity contribution in [3.05, 3.63) is 10.8 Å². The van der Waals surface area contributed by atoms with Gasteiger partial charge >= 0.3 is 0 Å². The van der Waals surface area contributed by atoms with Crippen LogP contribution in [0.1, 0.15) is 29.6 Å². The smallest absolute Gasteiger partial charge is 0.234 e. The maximum absolute atomic E-state index is 5.74. The first-order chi connectivity index (χ1) is 10.4. The topological polar surface area (TPSA) is 73.6 Å². The second kappa shape index (κ2) is 5.96. The third-order valence-electron chi connectivity index (χ3n) is 4.05. The maximum Gasteiger partial charge on any atom is 0.234 e. The van der Waals surface area contributed by atoms with Crippen LogP contribution in [0.3, 0.4) is 0 Å². The lowest BCUT2D eigenvalue weighted by atomic mass is 10.00. The molecule has 4 rings (SSSR count). The van der Waals surface area contributed by atoms with Crippen molar-refractivity contribution >= 4 is 16.3 Å². The van der Waals surface area contributed by atoms with Gasteiger partial charge in [0.2, 0.25) is 4.96 Å². The highest BCUT2D eigenvalue weighted by molar-refractivity contribution is 7.16. The van der Waals surface area contributed by atoms with Crippen LogP contribution in [-0.2, 0) is 15.9 Å². The molecule has 1 unspecified atom stereocenters. The molecule has 2 aromatic heterocycles. The molecular weight excluding hydrogens is 290 g/mol. The number of nitrogens with zero attached hydrogens (tertiary/aromatic N) is 4. The molecule has 0 aromatic carbocycles. The molecule has 8 heteroatoms. The summed E-state index contributed by atoms with van der Waals surface area (Å²) in [5.41, 5.74) is 0. The Morgan fingerprint density at radius 2 is 2.14 bits per heavy atom. The zero-order chi connectivity index (χ0) is 14.1. The van der Waals surface area contributed by atoms with E-state index in [9.17, 15) is 0 Å². The van der Waals surface area contributed by atoms with Gasteiger partial charge in [-0.05, 0) is 12.8 Å². The van der Waals surface area contributed by atoms with Crippen molar-refractivity contribution < 1.29 is 9.47 Å². The van der Waals surface area contributed by atoms with Crippen LogP contribution in [0.5, 0.6) is 0 Å². The molecular formula is C13H19N5O2S. The molecule has 0 bridgehead atoms. The molecule has 0 aliphatic carbocycles. The number of hydrogen-bond donors (Lipinski definition) is 1. The Morgan fingerprint density at radius 1 is 1.24 bits per heavy atom. The summed E-state index contributed by atoms with van der Waals surface area (Å²) < 4.78 is 13.1. The maximum atomic E-state index is 5.74. The van der Waals surface area contributed by atoms with E-state index in [0.717, 1.165) is 68.0 Å². The second-order valence-corrected chi connectivity index (χ2v) is 6.58. The minimum atomic E-state index is 0.217. The van der Waals surface area contributed by atoms with E-state index in [1.54, 1.807) is 11.3 Å². The van der Waals surface area contributed by atoms with Gasteiger partial charge in [0.25, 0.3) is 0 Å². The van der Waals surface area contributed by atoms with Gasteiger partial charge < -0.3 is 14.8 Å². The Labute approximate surface area is 126 Å². The van der Waals surface area contributed by atoms with Gasteiger partial charge in [0, 0.05) is 38.6 Å². The van der Waals surface area contributed by atoms with Crippen LogP contribution in [0.25, 0.3) is 4.96 Å². The van der Waals surface area contributed by atoms with E-state index in [0.29, 0.717) is 5.92 Å². The molecule has 0 spiro atoms. The number of ether oxygens (including phenoxy) is 2. The fourth-order valence-corrected chi connectivity index (χ4v) is 3.82. The summed E-state index contributed by atoms with van der Waals surface area (Å²) in [6.45, 7) is 4.22. The first-order valence-corrected chi connectivity index (χ1v) is 8.33. The zero-order valence-electron chi connectivity index (χ0n) is 11.8. The molecule has 1 N–H and O–H groups in total. The molecule has 2 aliphatic heterocycles. The second-order valence-electron chi connectivity index (χ2n) is 5.54. The SMILES string of the molecule is C1COC(Cc2nn3c(C4CCOCC4)nnc3s2)CN1. The number of fused-ring (bicyclic) bond motifs is 1. The highest BCUT2D eigenvalue weighted by Crippen LogP contribution is 2.27. The van der Waals surface area contributed by atoms with E-state index < -0.39 is 0 Å². The molecule has 7 nitrogen and oxygen atoms in total. The largest absolute Gasteiger partial charge is 0.381 e. The van der Waals surface area contributed by atoms with Crippen molar-refractivity contribution in [3.8, 4) is 0 Å². The van der Waals surface area contributed by atoms with Crippen LogP contribution in [0.4, 0.5) is 0 Å². The van der Waals surface area contributed by atoms with Crippen LogP contribution in [-0.4, -0.2) is 58.8 Å². The van der Waals surface area contributed by atoms with Crippen molar-refractivity contribution in [2.75, 3.05) is 32.9 Å². The number of aromatic nitrogens is 4. The Bertz CT molecular complexity index is 601. The molecule has 0 amide bonds. The fraction of sp³-hybridized carbons (Fsp3) is 0.769. The monoisotopic (exact) mass is 309 g/mol. The first kappa shape index (κ1) is 13.6. The normalized spacial score (nSPS) is 24.7. The van der Waals surface area contributed by atoms with E-state index in [4.69, 9.17) is 14.6 Å². The van der Waals surface area contributed by atoms with Crippen molar-refractivity contribution in [1.29, 1.82) is 0 Å². The van der Waals surface area contributed by atoms with E-state index in [1.807, 2.05) is 4.52 Å². The van der Waals surface area contributed by atoms with Crippen LogP contribution < -0.4 is 5.32 Å². The summed E-state index contributed by atoms with van der Waals surface area (Å²) in [5, 5.41) is 17.7. The summed E-state index contributed by atoms with van der Waals surface area (Å²) in [6.07, 6.45) is 3.06. The molecule has 2 saturated heterocycles. The molecule has 0 radical (unpaired) electrons. The summed E-state index contributed by atoms with van der Waals surface area (Å²) in [7, 11) is 0. The van der Waals surface area contributed by atoms with Gasteiger partial charge in [0.1, 0.15) is 5.01 Å². The van der Waals surface area contributed by atoms with E-state index in [2.05, 4.69) is 15.5 Å². The summed E-state index contributed by atoms with van der Waals surface area (Å²) in [4.78, 5) is 0.885. The third-order valence-corrected chi connectivity index (χ3v) is 4.97. The molecule has 1 atom stereocenters. The molecule has 114 valence electrons. The van der Waals surface area contributed by atoms with Crippen LogP contribution >= 0.6 is 11.3 Å². The van der Waals surface area contributed by atoms with Crippen LogP contribution in [0.2, 0.25) is 0 Å². The minimum absolute atomic E-state index is 0.217. The van der Waals surface area contributed by atoms with Crippen molar-refractivity contribution in [2.24, 2.45) is 0 Å². The lowest BCUT2D eigenvalue weighted by Gasteiger charge is -2.22. The number of morpholine rings is 1. The van der Waals surface area contributed by atoms with Gasteiger partial charge in [-0.25, -0.2) is 0 Å². The number of hydrogen-bond acceptors (Lipinski definition) is 7. The predicted molar refractivity (Wildman–Crippen MR) is 77.8 cm³/mol. The predicted octanol–water partition coefficient (Wildman–Crippen LogP) is 0.611. The van der Waals surface area contributed by atoms with Crippen molar-refractivity contribution in [2.45, 2.75) is 31.3 Å². The summed E-state index contributed by atoms with van der Waals surface area (Å²) in [6, 6.07) is 0. The Morgan fingerprint density at radius 3 is 2.95 bits per heavy atom. The summed E-state index contributed by atoms with van der Waals surface area (Å²) >= 11 is 1.61. The first-order valence-electron chi connectivity index (χ1n) is 7.51. The van der Waals surface area contributed by atoms with Crippen LogP contribution in [0.15, 0.2) is 0 Å². The Hall–Kier alpha value is -1.09. The molecule has 0 saturated carbocycles. The molecule has 21 heavy (non-hydrogen) atoms. The lowest BCUT2D eigenvalue weighted by molar-refractivity contribution is 0.0291. The third kappa shape index (κ3) is 2.80. The quantitative estimate of drug-likeness (QED) is 0.895. The summed E-state index contributed by atoms with van der Waals surface area (Å²) in [5.74, 6) is 1.40. The highest BCUT2D eigenvalue weighted by Gasteiger charge is 2.24. The van der Waals surface area contributed by atoms with E-state index in [-0.39, 0.29) is 6.10 Å². The Balaban J connectivity index is 1.53. The number of nitrogens with one attached hydrogen (secondary N) is 1. The highest BCUT2D eigenvalue weighted by atomic mass is 32.1. The van der Waals surface area contributed by atoms with E-state index in [1.165, 1.54) is 0 Å². The molecule has 2 aromatic rings. The van der Waals surface area contributed by atoms with Crippen molar-refractivity contribution in [1.82, 2.24) is 25.1 Å². The van der Waals surface area contributed by atoms with Crippen LogP contribution in [0, 0.1) is 0 Å². The Kier molecular flexibility index (Phi) is 3.85. The zero-order valence-corrected chi connectivity index (χ0v) is 12.6. The van der Waals surface area contributed by atoms with Gasteiger partial charge in [-0.15, -0.1) is 10.2 Å². The van der Waals surface area contributed by atoms with Gasteiger partial charge in [-0.3, -0.25) is 0 Å². The lowest BCUT2D eigenvalue weighted by Crippen LogP contribution is -2.39. The fourth-order valence-electron chi connectivity index (χ4n) is 2.91. The average Bonchev–Trinajstić information content (AvgIpc) is 3.09. The molecule has 4 heterocycles. The standard InChI is InChI=1S/C13H19N5O2S/c1-4-19-5-2-9(1)12-15-16-13-18(12)17-11(21-13)7-10-8-14-3-6-20-10/h9-10,14H,1-8H2. The van der Waals surface area contributed by atoms with Gasteiger partial charge in [-0.1, -0.05) is 11.3 Å². The molecule has 2 aliphatic rings.